The molecule has 0 saturated heterocycles. The number of carbonyl (C=O) groups is 1. The molecule has 0 N–H and O–H groups in total. The summed E-state index contributed by atoms with van der Waals surface area (Å²) in [6, 6.07) is 0. The van der Waals surface area contributed by atoms with Crippen molar-refractivity contribution < 1.29 is 9.53 Å². The van der Waals surface area contributed by atoms with E-state index in [-0.39, 0.29) is 5.04 Å². The first-order valence-electron chi connectivity index (χ1n) is 11.5. The van der Waals surface area contributed by atoms with Crippen molar-refractivity contribution in [1.82, 2.24) is 0 Å². The van der Waals surface area contributed by atoms with Crippen molar-refractivity contribution >= 4 is 37.9 Å². The van der Waals surface area contributed by atoms with Gasteiger partial charge in [-0.3, -0.25) is 4.79 Å². The minimum Gasteiger partial charge on any atom is -0.493 e. The Morgan fingerprint density at radius 1 is 0.793 bits per heavy atom. The zero-order chi connectivity index (χ0) is 21.4. The minimum atomic E-state index is -1.96. The molecule has 1 aromatic rings. The molecule has 1 aromatic carbocycles. The van der Waals surface area contributed by atoms with Crippen molar-refractivity contribution in [2.45, 2.75) is 97.1 Å². The molecule has 0 atom stereocenters. The van der Waals surface area contributed by atoms with E-state index in [4.69, 9.17) is 4.74 Å². The van der Waals surface area contributed by atoms with Gasteiger partial charge >= 0.3 is 0 Å². The van der Waals surface area contributed by atoms with Crippen LogP contribution in [0, 0.1) is 0 Å². The first-order valence-corrected chi connectivity index (χ1v) is 18.0. The first kappa shape index (κ1) is 21.1. The number of allylic oxidation sites excluding steroid dienone is 2. The van der Waals surface area contributed by atoms with Crippen molar-refractivity contribution in [2.24, 2.45) is 0 Å². The van der Waals surface area contributed by atoms with Crippen molar-refractivity contribution in [3.05, 3.63) is 22.3 Å². The fourth-order valence-electron chi connectivity index (χ4n) is 5.51. The van der Waals surface area contributed by atoms with Crippen LogP contribution in [0.2, 0.25) is 37.8 Å². The SMILES string of the molecule is CC(C)(C)[Si](C)(C)c1c2c(c([Si](C)(C)C)c3c1C(=O)C1=C3CCCC1)CCCO2. The number of fused-ring (bicyclic) bond motifs is 3. The summed E-state index contributed by atoms with van der Waals surface area (Å²) in [5.41, 5.74) is 6.52. The molecule has 1 heterocycles. The third-order valence-electron chi connectivity index (χ3n) is 7.89. The van der Waals surface area contributed by atoms with Gasteiger partial charge in [-0.2, -0.15) is 0 Å². The lowest BCUT2D eigenvalue weighted by molar-refractivity contribution is 0.103. The zero-order valence-electron chi connectivity index (χ0n) is 19.8. The Hall–Kier alpha value is -1.14. The van der Waals surface area contributed by atoms with Gasteiger partial charge in [-0.25, -0.2) is 0 Å². The van der Waals surface area contributed by atoms with E-state index < -0.39 is 16.1 Å². The van der Waals surface area contributed by atoms with Gasteiger partial charge in [0.25, 0.3) is 0 Å². The van der Waals surface area contributed by atoms with Crippen LogP contribution in [0.25, 0.3) is 5.57 Å². The summed E-state index contributed by atoms with van der Waals surface area (Å²) in [5.74, 6) is 1.48. The minimum absolute atomic E-state index is 0.166. The number of benzene rings is 1. The third-order valence-corrected chi connectivity index (χ3v) is 15.4. The Labute approximate surface area is 179 Å². The van der Waals surface area contributed by atoms with Crippen LogP contribution in [-0.2, 0) is 6.42 Å². The molecular formula is C25H38O2Si2. The molecule has 0 aromatic heterocycles. The molecule has 0 spiro atoms. The van der Waals surface area contributed by atoms with E-state index in [1.54, 1.807) is 5.19 Å². The van der Waals surface area contributed by atoms with Gasteiger partial charge in [-0.1, -0.05) is 53.5 Å². The molecule has 1 aliphatic heterocycles. The van der Waals surface area contributed by atoms with Crippen LogP contribution in [-0.4, -0.2) is 28.5 Å². The maximum atomic E-state index is 13.9. The van der Waals surface area contributed by atoms with Gasteiger partial charge in [0.15, 0.2) is 5.78 Å². The number of rotatable bonds is 2. The summed E-state index contributed by atoms with van der Waals surface area (Å²) in [6.45, 7) is 20.2. The molecule has 0 unspecified atom stereocenters. The molecular weight excluding hydrogens is 388 g/mol. The monoisotopic (exact) mass is 426 g/mol. The van der Waals surface area contributed by atoms with Crippen LogP contribution in [0.5, 0.6) is 5.75 Å². The first-order chi connectivity index (χ1) is 13.4. The predicted molar refractivity (Wildman–Crippen MR) is 130 cm³/mol. The number of hydrogen-bond donors (Lipinski definition) is 0. The van der Waals surface area contributed by atoms with Crippen molar-refractivity contribution in [2.75, 3.05) is 6.61 Å². The molecule has 0 amide bonds. The Bertz CT molecular complexity index is 924. The number of Topliss-reactive ketones (excluding diaryl/α,β-unsaturated/α-hetero) is 1. The molecule has 0 saturated carbocycles. The molecule has 0 radical (unpaired) electrons. The summed E-state index contributed by atoms with van der Waals surface area (Å²) in [5, 5.41) is 3.06. The fraction of sp³-hybridized carbons (Fsp3) is 0.640. The molecule has 29 heavy (non-hydrogen) atoms. The van der Waals surface area contributed by atoms with E-state index in [0.29, 0.717) is 5.78 Å². The summed E-state index contributed by atoms with van der Waals surface area (Å²) >= 11 is 0. The summed E-state index contributed by atoms with van der Waals surface area (Å²) in [7, 11) is -3.62. The Balaban J connectivity index is 2.17. The maximum absolute atomic E-state index is 13.9. The van der Waals surface area contributed by atoms with Gasteiger partial charge in [0.05, 0.1) is 22.8 Å². The smallest absolute Gasteiger partial charge is 0.189 e. The lowest BCUT2D eigenvalue weighted by Gasteiger charge is -2.42. The van der Waals surface area contributed by atoms with Gasteiger partial charge in [0.2, 0.25) is 0 Å². The number of ether oxygens (including phenoxy) is 1. The normalized spacial score (nSPS) is 19.7. The van der Waals surface area contributed by atoms with E-state index in [1.807, 2.05) is 0 Å². The van der Waals surface area contributed by atoms with Crippen molar-refractivity contribution in [1.29, 1.82) is 0 Å². The second-order valence-corrected chi connectivity index (χ2v) is 22.1. The molecule has 2 nitrogen and oxygen atoms in total. The molecule has 4 heteroatoms. The molecule has 2 aliphatic carbocycles. The Morgan fingerprint density at radius 2 is 1.41 bits per heavy atom. The van der Waals surface area contributed by atoms with Crippen LogP contribution in [0.4, 0.5) is 0 Å². The van der Waals surface area contributed by atoms with Gasteiger partial charge in [0.1, 0.15) is 5.75 Å². The molecule has 0 bridgehead atoms. The lowest BCUT2D eigenvalue weighted by Crippen LogP contribution is -2.55. The second-order valence-electron chi connectivity index (χ2n) is 11.9. The van der Waals surface area contributed by atoms with Crippen molar-refractivity contribution in [3.63, 3.8) is 0 Å². The van der Waals surface area contributed by atoms with Gasteiger partial charge in [-0.15, -0.1) is 0 Å². The summed E-state index contributed by atoms with van der Waals surface area (Å²) < 4.78 is 6.49. The molecule has 0 fully saturated rings. The van der Waals surface area contributed by atoms with Crippen LogP contribution in [0.3, 0.4) is 0 Å². The topological polar surface area (TPSA) is 26.3 Å². The molecule has 3 aliphatic rings. The van der Waals surface area contributed by atoms with Crippen LogP contribution < -0.4 is 15.1 Å². The van der Waals surface area contributed by atoms with E-state index in [1.165, 1.54) is 28.3 Å². The largest absolute Gasteiger partial charge is 0.493 e. The van der Waals surface area contributed by atoms with E-state index in [2.05, 4.69) is 53.5 Å². The van der Waals surface area contributed by atoms with Gasteiger partial charge < -0.3 is 4.74 Å². The summed E-state index contributed by atoms with van der Waals surface area (Å²) in [6.07, 6.45) is 6.64. The van der Waals surface area contributed by atoms with Gasteiger partial charge in [0, 0.05) is 11.1 Å². The van der Waals surface area contributed by atoms with Crippen molar-refractivity contribution in [3.8, 4) is 5.75 Å². The molecule has 158 valence electrons. The highest BCUT2D eigenvalue weighted by molar-refractivity contribution is 6.94. The van der Waals surface area contributed by atoms with Crippen LogP contribution in [0.15, 0.2) is 5.57 Å². The predicted octanol–water partition coefficient (Wildman–Crippen LogP) is 5.80. The summed E-state index contributed by atoms with van der Waals surface area (Å²) in [4.78, 5) is 13.9. The number of carbonyl (C=O) groups excluding carboxylic acids is 1. The Kier molecular flexibility index (Phi) is 4.86. The highest BCUT2D eigenvalue weighted by atomic mass is 28.3. The van der Waals surface area contributed by atoms with E-state index in [9.17, 15) is 4.79 Å². The average Bonchev–Trinajstić information content (AvgIpc) is 2.90. The number of ketones is 1. The Morgan fingerprint density at radius 3 is 2.00 bits per heavy atom. The molecule has 4 rings (SSSR count). The quantitative estimate of drug-likeness (QED) is 0.559. The zero-order valence-corrected chi connectivity index (χ0v) is 21.8. The standard InChI is InChI=1S/C25H38O2Si2/c1-25(2,3)29(7,8)24-20-19(16-12-9-10-13-17(16)21(20)26)23(28(4,5)6)18-14-11-15-27-22(18)24/h9-15H2,1-8H3. The van der Waals surface area contributed by atoms with E-state index in [0.717, 1.165) is 55.6 Å². The average molecular weight is 427 g/mol. The third kappa shape index (κ3) is 3.04. The highest BCUT2D eigenvalue weighted by Gasteiger charge is 2.48. The number of hydrogen-bond acceptors (Lipinski definition) is 2. The van der Waals surface area contributed by atoms with Gasteiger partial charge in [-0.05, 0) is 70.6 Å². The highest BCUT2D eigenvalue weighted by Crippen LogP contribution is 2.47. The lowest BCUT2D eigenvalue weighted by atomic mass is 9.90. The van der Waals surface area contributed by atoms with Crippen LogP contribution in [0.1, 0.15) is 74.4 Å². The maximum Gasteiger partial charge on any atom is 0.189 e. The van der Waals surface area contributed by atoms with Crippen LogP contribution >= 0.6 is 0 Å². The second kappa shape index (κ2) is 6.68. The van der Waals surface area contributed by atoms with E-state index >= 15 is 0 Å². The fourth-order valence-corrected chi connectivity index (χ4v) is 10.1.